The minimum atomic E-state index is 0.631. The first-order valence-corrected chi connectivity index (χ1v) is 19.3. The van der Waals surface area contributed by atoms with Crippen LogP contribution in [0.25, 0.3) is 111 Å². The van der Waals surface area contributed by atoms with Gasteiger partial charge in [-0.1, -0.05) is 152 Å². The van der Waals surface area contributed by atoms with Crippen LogP contribution in [0.5, 0.6) is 0 Å². The fraction of sp³-hybridized carbons (Fsp3) is 0. The van der Waals surface area contributed by atoms with E-state index in [0.29, 0.717) is 5.95 Å². The molecule has 0 saturated heterocycles. The molecule has 4 heterocycles. The van der Waals surface area contributed by atoms with Crippen LogP contribution >= 0.6 is 0 Å². The fourth-order valence-electron chi connectivity index (χ4n) is 8.83. The number of nitrogens with zero attached hydrogens (tertiary/aromatic N) is 4. The van der Waals surface area contributed by atoms with E-state index in [0.717, 1.165) is 105 Å². The number of hydrogen-bond donors (Lipinski definition) is 0. The molecule has 0 spiro atoms. The molecule has 5 heteroatoms. The van der Waals surface area contributed by atoms with Crippen LogP contribution in [-0.2, 0) is 0 Å². The third-order valence-electron chi connectivity index (χ3n) is 11.3. The van der Waals surface area contributed by atoms with Crippen LogP contribution in [0.1, 0.15) is 0 Å². The third kappa shape index (κ3) is 4.82. The molecule has 0 amide bonds. The Morgan fingerprint density at radius 2 is 0.982 bits per heavy atom. The van der Waals surface area contributed by atoms with Gasteiger partial charge in [0.25, 0.3) is 0 Å². The van der Waals surface area contributed by atoms with E-state index in [2.05, 4.69) is 179 Å². The summed E-state index contributed by atoms with van der Waals surface area (Å²) in [6.45, 7) is 0. The van der Waals surface area contributed by atoms with E-state index < -0.39 is 0 Å². The first kappa shape index (κ1) is 31.6. The second-order valence-electron chi connectivity index (χ2n) is 14.6. The smallest absolute Gasteiger partial charge is 0.235 e. The van der Waals surface area contributed by atoms with Crippen molar-refractivity contribution in [3.63, 3.8) is 0 Å². The van der Waals surface area contributed by atoms with Gasteiger partial charge in [-0.15, -0.1) is 0 Å². The number of benzene rings is 8. The van der Waals surface area contributed by atoms with Gasteiger partial charge in [-0.3, -0.25) is 4.57 Å². The Bertz CT molecular complexity index is 3460. The number of furan rings is 1. The molecule has 0 aliphatic heterocycles. The molecular formula is C52H32N4O. The van der Waals surface area contributed by atoms with Gasteiger partial charge in [0.05, 0.1) is 33.5 Å². The van der Waals surface area contributed by atoms with Crippen LogP contribution in [0.2, 0.25) is 0 Å². The van der Waals surface area contributed by atoms with E-state index in [-0.39, 0.29) is 0 Å². The number of rotatable bonds is 5. The van der Waals surface area contributed by atoms with Crippen molar-refractivity contribution in [3.05, 3.63) is 194 Å². The van der Waals surface area contributed by atoms with Gasteiger partial charge in [0.1, 0.15) is 11.2 Å². The molecule has 0 radical (unpaired) electrons. The van der Waals surface area contributed by atoms with E-state index in [4.69, 9.17) is 14.4 Å². The summed E-state index contributed by atoms with van der Waals surface area (Å²) in [7, 11) is 0. The second kappa shape index (κ2) is 12.4. The molecule has 8 aromatic carbocycles. The van der Waals surface area contributed by atoms with Gasteiger partial charge in [0.2, 0.25) is 5.95 Å². The predicted octanol–water partition coefficient (Wildman–Crippen LogP) is 13.6. The summed E-state index contributed by atoms with van der Waals surface area (Å²) in [5, 5.41) is 6.87. The average molecular weight is 729 g/mol. The molecule has 12 rings (SSSR count). The molecule has 0 unspecified atom stereocenters. The van der Waals surface area contributed by atoms with Crippen molar-refractivity contribution >= 4 is 65.6 Å². The molecule has 4 aromatic heterocycles. The van der Waals surface area contributed by atoms with Gasteiger partial charge in [-0.05, 0) is 48.0 Å². The average Bonchev–Trinajstić information content (AvgIpc) is 3.95. The van der Waals surface area contributed by atoms with Crippen LogP contribution in [0.3, 0.4) is 0 Å². The molecule has 0 aliphatic rings. The maximum absolute atomic E-state index is 6.49. The first-order valence-electron chi connectivity index (χ1n) is 19.3. The lowest BCUT2D eigenvalue weighted by Crippen LogP contribution is -2.04. The number of fused-ring (bicyclic) bond motifs is 10. The molecule has 5 nitrogen and oxygen atoms in total. The summed E-state index contributed by atoms with van der Waals surface area (Å²) in [5.74, 6) is 0.631. The van der Waals surface area contributed by atoms with E-state index in [1.54, 1.807) is 0 Å². The fourth-order valence-corrected chi connectivity index (χ4v) is 8.83. The van der Waals surface area contributed by atoms with Crippen LogP contribution < -0.4 is 0 Å². The molecule has 0 bridgehead atoms. The molecule has 0 aliphatic carbocycles. The highest BCUT2D eigenvalue weighted by molar-refractivity contribution is 6.26. The topological polar surface area (TPSA) is 48.8 Å². The van der Waals surface area contributed by atoms with Crippen molar-refractivity contribution in [2.24, 2.45) is 0 Å². The van der Waals surface area contributed by atoms with Gasteiger partial charge < -0.3 is 8.98 Å². The highest BCUT2D eigenvalue weighted by atomic mass is 16.3. The summed E-state index contributed by atoms with van der Waals surface area (Å²) in [6, 6.07) is 68.3. The standard InChI is InChI=1S/C52H32N4O/c1-3-15-33(16-4-1)43-32-44(34-17-5-2-6-18-34)54-52(53-43)56-45-26-10-7-21-38(45)40-29-30-47-49(50(40)56)42-23-8-11-27-46(42)55(47)36-20-13-19-35(31-36)37-24-14-25-41-39-22-9-12-28-48(39)57-51(37)41/h1-32H. The largest absolute Gasteiger partial charge is 0.455 e. The Kier molecular flexibility index (Phi) is 6.86. The van der Waals surface area contributed by atoms with E-state index >= 15 is 0 Å². The normalized spacial score (nSPS) is 11.9. The maximum atomic E-state index is 6.49. The zero-order valence-corrected chi connectivity index (χ0v) is 30.7. The van der Waals surface area contributed by atoms with Crippen LogP contribution in [0, 0.1) is 0 Å². The summed E-state index contributed by atoms with van der Waals surface area (Å²) < 4.78 is 11.2. The van der Waals surface area contributed by atoms with E-state index in [9.17, 15) is 0 Å². The maximum Gasteiger partial charge on any atom is 0.235 e. The molecule has 266 valence electrons. The third-order valence-corrected chi connectivity index (χ3v) is 11.3. The zero-order chi connectivity index (χ0) is 37.5. The Morgan fingerprint density at radius 3 is 1.74 bits per heavy atom. The van der Waals surface area contributed by atoms with E-state index in [1.165, 1.54) is 0 Å². The number of para-hydroxylation sites is 4. The predicted molar refractivity (Wildman–Crippen MR) is 234 cm³/mol. The van der Waals surface area contributed by atoms with Crippen molar-refractivity contribution in [2.45, 2.75) is 0 Å². The molecule has 0 atom stereocenters. The lowest BCUT2D eigenvalue weighted by molar-refractivity contribution is 0.670. The second-order valence-corrected chi connectivity index (χ2v) is 14.6. The highest BCUT2D eigenvalue weighted by Crippen LogP contribution is 2.43. The Hall–Kier alpha value is -7.76. The van der Waals surface area contributed by atoms with Crippen molar-refractivity contribution in [3.8, 4) is 45.3 Å². The first-order chi connectivity index (χ1) is 28.3. The minimum absolute atomic E-state index is 0.631. The van der Waals surface area contributed by atoms with Gasteiger partial charge in [0, 0.05) is 54.7 Å². The molecule has 12 aromatic rings. The summed E-state index contributed by atoms with van der Waals surface area (Å²) in [6.07, 6.45) is 0. The summed E-state index contributed by atoms with van der Waals surface area (Å²) in [4.78, 5) is 10.7. The molecule has 57 heavy (non-hydrogen) atoms. The Labute approximate surface area is 327 Å². The van der Waals surface area contributed by atoms with Crippen LogP contribution in [0.4, 0.5) is 0 Å². The molecule has 0 saturated carbocycles. The van der Waals surface area contributed by atoms with Gasteiger partial charge >= 0.3 is 0 Å². The SMILES string of the molecule is c1ccc(-c2cc(-c3ccccc3)nc(-n3c4ccccc4c4ccc5c(c6ccccc6n5-c5cccc(-c6cccc7c6oc6ccccc67)c5)c43)n2)cc1. The van der Waals surface area contributed by atoms with Crippen molar-refractivity contribution in [1.29, 1.82) is 0 Å². The quantitative estimate of drug-likeness (QED) is 0.177. The van der Waals surface area contributed by atoms with Gasteiger partial charge in [-0.2, -0.15) is 0 Å². The lowest BCUT2D eigenvalue weighted by Gasteiger charge is -2.13. The zero-order valence-electron chi connectivity index (χ0n) is 30.7. The summed E-state index contributed by atoms with van der Waals surface area (Å²) in [5.41, 5.74) is 13.2. The Morgan fingerprint density at radius 1 is 0.386 bits per heavy atom. The summed E-state index contributed by atoms with van der Waals surface area (Å²) >= 11 is 0. The molecule has 0 fully saturated rings. The van der Waals surface area contributed by atoms with Crippen molar-refractivity contribution in [1.82, 2.24) is 19.1 Å². The van der Waals surface area contributed by atoms with Crippen LogP contribution in [0.15, 0.2) is 199 Å². The van der Waals surface area contributed by atoms with E-state index in [1.807, 2.05) is 24.3 Å². The van der Waals surface area contributed by atoms with Gasteiger partial charge in [0.15, 0.2) is 0 Å². The molecule has 0 N–H and O–H groups in total. The monoisotopic (exact) mass is 728 g/mol. The van der Waals surface area contributed by atoms with Crippen LogP contribution in [-0.4, -0.2) is 19.1 Å². The lowest BCUT2D eigenvalue weighted by atomic mass is 10.0. The number of hydrogen-bond acceptors (Lipinski definition) is 3. The minimum Gasteiger partial charge on any atom is -0.455 e. The van der Waals surface area contributed by atoms with Gasteiger partial charge in [-0.25, -0.2) is 9.97 Å². The highest BCUT2D eigenvalue weighted by Gasteiger charge is 2.23. The molecular weight excluding hydrogens is 697 g/mol. The Balaban J connectivity index is 1.15. The van der Waals surface area contributed by atoms with Crippen molar-refractivity contribution < 1.29 is 4.42 Å². The number of aromatic nitrogens is 4. The van der Waals surface area contributed by atoms with Crippen molar-refractivity contribution in [2.75, 3.05) is 0 Å².